The van der Waals surface area contributed by atoms with E-state index < -0.39 is 17.8 Å². The molecule has 0 atom stereocenters. The molecule has 0 saturated carbocycles. The SMILES string of the molecule is CCOc1ccc(N2C(=O)C(=Cc3ccc(OCC(=O)OC)c(OC)c3)N(CC(=O)OC)C2=S)cc1. The summed E-state index contributed by atoms with van der Waals surface area (Å²) in [5, 5.41) is 0.130. The Balaban J connectivity index is 1.96. The molecule has 10 nitrogen and oxygen atoms in total. The van der Waals surface area contributed by atoms with Crippen molar-refractivity contribution in [3.05, 3.63) is 53.7 Å². The summed E-state index contributed by atoms with van der Waals surface area (Å²) < 4.78 is 25.6. The zero-order chi connectivity index (χ0) is 26.2. The topological polar surface area (TPSA) is 104 Å². The monoisotopic (exact) mass is 514 g/mol. The van der Waals surface area contributed by atoms with Crippen LogP contribution in [0.25, 0.3) is 6.08 Å². The van der Waals surface area contributed by atoms with Gasteiger partial charge in [-0.1, -0.05) is 6.07 Å². The summed E-state index contributed by atoms with van der Waals surface area (Å²) in [6.07, 6.45) is 1.58. The smallest absolute Gasteiger partial charge is 0.343 e. The number of amides is 1. The summed E-state index contributed by atoms with van der Waals surface area (Å²) in [4.78, 5) is 39.7. The number of benzene rings is 2. The first kappa shape index (κ1) is 26.5. The van der Waals surface area contributed by atoms with Crippen LogP contribution < -0.4 is 19.1 Å². The first-order valence-electron chi connectivity index (χ1n) is 10.9. The Morgan fingerprint density at radius 1 is 0.944 bits per heavy atom. The second-order valence-electron chi connectivity index (χ2n) is 7.32. The fourth-order valence-corrected chi connectivity index (χ4v) is 3.71. The average Bonchev–Trinajstić information content (AvgIpc) is 3.11. The van der Waals surface area contributed by atoms with E-state index in [2.05, 4.69) is 4.74 Å². The summed E-state index contributed by atoms with van der Waals surface area (Å²) in [7, 11) is 3.97. The van der Waals surface area contributed by atoms with E-state index in [1.807, 2.05) is 6.92 Å². The van der Waals surface area contributed by atoms with Crippen LogP contribution in [0.1, 0.15) is 12.5 Å². The number of esters is 2. The Kier molecular flexibility index (Phi) is 8.85. The van der Waals surface area contributed by atoms with Crippen molar-refractivity contribution in [2.24, 2.45) is 0 Å². The lowest BCUT2D eigenvalue weighted by atomic mass is 10.1. The molecule has 0 aliphatic carbocycles. The van der Waals surface area contributed by atoms with Gasteiger partial charge in [-0.3, -0.25) is 14.5 Å². The normalized spacial score (nSPS) is 14.2. The highest BCUT2D eigenvalue weighted by Crippen LogP contribution is 2.33. The minimum atomic E-state index is -0.561. The van der Waals surface area contributed by atoms with Crippen molar-refractivity contribution in [2.45, 2.75) is 6.92 Å². The zero-order valence-corrected chi connectivity index (χ0v) is 21.1. The van der Waals surface area contributed by atoms with E-state index >= 15 is 0 Å². The number of anilines is 1. The van der Waals surface area contributed by atoms with Crippen LogP contribution in [-0.4, -0.2) is 68.9 Å². The Hall–Kier alpha value is -4.12. The second-order valence-corrected chi connectivity index (χ2v) is 7.68. The maximum Gasteiger partial charge on any atom is 0.343 e. The Labute approximate surface area is 213 Å². The van der Waals surface area contributed by atoms with Gasteiger partial charge in [-0.05, 0) is 67.2 Å². The van der Waals surface area contributed by atoms with Crippen molar-refractivity contribution in [3.63, 3.8) is 0 Å². The molecule has 0 bridgehead atoms. The molecule has 1 heterocycles. The molecule has 0 aromatic heterocycles. The standard InChI is InChI=1S/C25H26N2O8S/c1-5-34-18-9-7-17(8-10-18)27-24(30)19(26(25(27)36)14-22(28)32-3)12-16-6-11-20(21(13-16)31-2)35-15-23(29)33-4/h6-13H,5,14-15H2,1-4H3. The number of hydrogen-bond donors (Lipinski definition) is 0. The van der Waals surface area contributed by atoms with Crippen molar-refractivity contribution in [3.8, 4) is 17.2 Å². The molecule has 1 aliphatic rings. The second kappa shape index (κ2) is 12.0. The Morgan fingerprint density at radius 3 is 2.25 bits per heavy atom. The number of ether oxygens (including phenoxy) is 5. The molecule has 1 fully saturated rings. The number of carbonyl (C=O) groups is 3. The summed E-state index contributed by atoms with van der Waals surface area (Å²) in [6, 6.07) is 11.8. The van der Waals surface area contributed by atoms with Crippen molar-refractivity contribution in [1.82, 2.24) is 4.90 Å². The fourth-order valence-electron chi connectivity index (χ4n) is 3.36. The molecule has 0 spiro atoms. The van der Waals surface area contributed by atoms with Gasteiger partial charge in [0.05, 0.1) is 33.6 Å². The van der Waals surface area contributed by atoms with Crippen LogP contribution in [0.3, 0.4) is 0 Å². The molecule has 1 amide bonds. The molecule has 0 unspecified atom stereocenters. The van der Waals surface area contributed by atoms with E-state index in [1.54, 1.807) is 48.5 Å². The van der Waals surface area contributed by atoms with Crippen LogP contribution in [-0.2, 0) is 23.9 Å². The molecular weight excluding hydrogens is 488 g/mol. The fraction of sp³-hybridized carbons (Fsp3) is 0.280. The van der Waals surface area contributed by atoms with Gasteiger partial charge in [-0.2, -0.15) is 0 Å². The van der Waals surface area contributed by atoms with Gasteiger partial charge in [0.15, 0.2) is 23.2 Å². The van der Waals surface area contributed by atoms with Crippen molar-refractivity contribution < 1.29 is 38.1 Å². The molecule has 190 valence electrons. The van der Waals surface area contributed by atoms with Gasteiger partial charge in [-0.15, -0.1) is 0 Å². The summed E-state index contributed by atoms with van der Waals surface area (Å²) >= 11 is 5.57. The highest BCUT2D eigenvalue weighted by atomic mass is 32.1. The van der Waals surface area contributed by atoms with Gasteiger partial charge in [-0.25, -0.2) is 4.79 Å². The Bertz CT molecular complexity index is 1180. The molecule has 0 N–H and O–H groups in total. The Morgan fingerprint density at radius 2 is 1.64 bits per heavy atom. The quantitative estimate of drug-likeness (QED) is 0.267. The lowest BCUT2D eigenvalue weighted by Crippen LogP contribution is -2.35. The van der Waals surface area contributed by atoms with Crippen LogP contribution >= 0.6 is 12.2 Å². The van der Waals surface area contributed by atoms with Gasteiger partial charge >= 0.3 is 11.9 Å². The lowest BCUT2D eigenvalue weighted by Gasteiger charge is -2.19. The van der Waals surface area contributed by atoms with E-state index in [9.17, 15) is 14.4 Å². The molecule has 2 aromatic carbocycles. The first-order valence-corrected chi connectivity index (χ1v) is 11.3. The number of nitrogens with zero attached hydrogens (tertiary/aromatic N) is 2. The van der Waals surface area contributed by atoms with Gasteiger partial charge in [0.25, 0.3) is 5.91 Å². The summed E-state index contributed by atoms with van der Waals surface area (Å²) in [5.74, 6) is -0.208. The largest absolute Gasteiger partial charge is 0.494 e. The third-order valence-electron chi connectivity index (χ3n) is 5.12. The summed E-state index contributed by atoms with van der Waals surface area (Å²) in [6.45, 7) is 1.85. The molecule has 1 aliphatic heterocycles. The van der Waals surface area contributed by atoms with Crippen molar-refractivity contribution >= 4 is 46.9 Å². The van der Waals surface area contributed by atoms with Crippen LogP contribution in [0.15, 0.2) is 48.2 Å². The van der Waals surface area contributed by atoms with Crippen LogP contribution in [0, 0.1) is 0 Å². The lowest BCUT2D eigenvalue weighted by molar-refractivity contribution is -0.143. The highest BCUT2D eigenvalue weighted by molar-refractivity contribution is 7.80. The summed E-state index contributed by atoms with van der Waals surface area (Å²) in [5.41, 5.74) is 1.27. The minimum Gasteiger partial charge on any atom is -0.494 e. The third-order valence-corrected chi connectivity index (χ3v) is 5.52. The molecule has 36 heavy (non-hydrogen) atoms. The molecule has 2 aromatic rings. The van der Waals surface area contributed by atoms with Crippen LogP contribution in [0.4, 0.5) is 5.69 Å². The number of thiocarbonyl (C=S) groups is 1. The molecular formula is C25H26N2O8S. The zero-order valence-electron chi connectivity index (χ0n) is 20.3. The van der Waals surface area contributed by atoms with E-state index in [0.717, 1.165) is 0 Å². The maximum absolute atomic E-state index is 13.5. The van der Waals surface area contributed by atoms with Crippen molar-refractivity contribution in [2.75, 3.05) is 46.0 Å². The average molecular weight is 515 g/mol. The van der Waals surface area contributed by atoms with E-state index in [1.165, 1.54) is 31.1 Å². The number of hydrogen-bond acceptors (Lipinski definition) is 9. The number of carbonyl (C=O) groups excluding carboxylic acids is 3. The maximum atomic E-state index is 13.5. The molecule has 1 saturated heterocycles. The minimum absolute atomic E-state index is 0.130. The number of rotatable bonds is 10. The third kappa shape index (κ3) is 5.92. The molecule has 3 rings (SSSR count). The van der Waals surface area contributed by atoms with Crippen molar-refractivity contribution in [1.29, 1.82) is 0 Å². The molecule has 0 radical (unpaired) electrons. The van der Waals surface area contributed by atoms with Gasteiger partial charge in [0, 0.05) is 0 Å². The van der Waals surface area contributed by atoms with Gasteiger partial charge < -0.3 is 28.6 Å². The number of methoxy groups -OCH3 is 3. The van der Waals surface area contributed by atoms with E-state index in [0.29, 0.717) is 35.1 Å². The van der Waals surface area contributed by atoms with Crippen LogP contribution in [0.5, 0.6) is 17.2 Å². The van der Waals surface area contributed by atoms with Crippen LogP contribution in [0.2, 0.25) is 0 Å². The van der Waals surface area contributed by atoms with Gasteiger partial charge in [0.1, 0.15) is 18.0 Å². The first-order chi connectivity index (χ1) is 17.3. The predicted molar refractivity (Wildman–Crippen MR) is 135 cm³/mol. The van der Waals surface area contributed by atoms with E-state index in [4.69, 9.17) is 31.2 Å². The van der Waals surface area contributed by atoms with Gasteiger partial charge in [0.2, 0.25) is 0 Å². The van der Waals surface area contributed by atoms with E-state index in [-0.39, 0.29) is 24.0 Å². The molecule has 11 heteroatoms. The predicted octanol–water partition coefficient (Wildman–Crippen LogP) is 2.79. The highest BCUT2D eigenvalue weighted by Gasteiger charge is 2.40.